The molecule has 0 aromatic heterocycles. The molecule has 0 amide bonds. The third kappa shape index (κ3) is 2.35. The number of nitrogens with two attached hydrogens (primary N) is 1. The van der Waals surface area contributed by atoms with Crippen LogP contribution in [0.1, 0.15) is 20.7 Å². The third-order valence-electron chi connectivity index (χ3n) is 1.76. The zero-order valence-electron chi connectivity index (χ0n) is 7.75. The van der Waals surface area contributed by atoms with Crippen LogP contribution in [0.2, 0.25) is 0 Å². The van der Waals surface area contributed by atoms with Gasteiger partial charge in [0.1, 0.15) is 0 Å². The van der Waals surface area contributed by atoms with Crippen molar-refractivity contribution in [3.63, 3.8) is 0 Å². The van der Waals surface area contributed by atoms with Crippen LogP contribution >= 0.6 is 0 Å². The lowest BCUT2D eigenvalue weighted by atomic mass is 10.1. The van der Waals surface area contributed by atoms with E-state index in [9.17, 15) is 18.0 Å². The molecule has 4 N–H and O–H groups in total. The van der Waals surface area contributed by atoms with Crippen LogP contribution in [0.3, 0.4) is 0 Å². The van der Waals surface area contributed by atoms with Crippen LogP contribution in [0.4, 0.5) is 0 Å². The summed E-state index contributed by atoms with van der Waals surface area (Å²) in [4.78, 5) is 20.7. The standard InChI is InChI=1S/C8H7NO6S/c9-16(14,15)6-2-1-4(7(10)11)3-5(6)8(12)13/h1-3H,(H,10,11)(H,12,13)(H2,9,14,15). The van der Waals surface area contributed by atoms with Crippen LogP contribution in [0.25, 0.3) is 0 Å². The highest BCUT2D eigenvalue weighted by molar-refractivity contribution is 7.89. The normalized spacial score (nSPS) is 11.1. The Kier molecular flexibility index (Phi) is 2.97. The molecule has 0 spiro atoms. The first-order chi connectivity index (χ1) is 7.23. The van der Waals surface area contributed by atoms with Crippen LogP contribution in [0.5, 0.6) is 0 Å². The zero-order chi connectivity index (χ0) is 12.5. The molecule has 86 valence electrons. The zero-order valence-corrected chi connectivity index (χ0v) is 8.56. The first-order valence-corrected chi connectivity index (χ1v) is 5.41. The van der Waals surface area contributed by atoms with Crippen LogP contribution < -0.4 is 5.14 Å². The molecule has 0 aliphatic heterocycles. The van der Waals surface area contributed by atoms with Crippen LogP contribution in [0, 0.1) is 0 Å². The SMILES string of the molecule is NS(=O)(=O)c1ccc(C(=O)O)cc1C(=O)O. The van der Waals surface area contributed by atoms with Gasteiger partial charge in [-0.1, -0.05) is 0 Å². The summed E-state index contributed by atoms with van der Waals surface area (Å²) in [5.74, 6) is -2.92. The van der Waals surface area contributed by atoms with Gasteiger partial charge < -0.3 is 10.2 Å². The quantitative estimate of drug-likeness (QED) is 0.670. The maximum Gasteiger partial charge on any atom is 0.337 e. The van der Waals surface area contributed by atoms with Crippen molar-refractivity contribution < 1.29 is 28.2 Å². The molecule has 0 fully saturated rings. The van der Waals surface area contributed by atoms with Gasteiger partial charge in [0.2, 0.25) is 10.0 Å². The fourth-order valence-corrected chi connectivity index (χ4v) is 1.79. The average molecular weight is 245 g/mol. The molecule has 0 unspecified atom stereocenters. The van der Waals surface area contributed by atoms with E-state index in [2.05, 4.69) is 0 Å². The van der Waals surface area contributed by atoms with Gasteiger partial charge in [0.15, 0.2) is 0 Å². The number of benzene rings is 1. The number of primary sulfonamides is 1. The Morgan fingerprint density at radius 1 is 1.12 bits per heavy atom. The Balaban J connectivity index is 3.55. The molecular formula is C8H7NO6S. The predicted molar refractivity (Wildman–Crippen MR) is 51.7 cm³/mol. The van der Waals surface area contributed by atoms with E-state index in [0.717, 1.165) is 18.2 Å². The second-order valence-electron chi connectivity index (χ2n) is 2.87. The van der Waals surface area contributed by atoms with Gasteiger partial charge in [-0.2, -0.15) is 0 Å². The average Bonchev–Trinajstić information content (AvgIpc) is 2.15. The Labute approximate surface area is 90.2 Å². The van der Waals surface area contributed by atoms with E-state index in [0.29, 0.717) is 0 Å². The summed E-state index contributed by atoms with van der Waals surface area (Å²) < 4.78 is 22.0. The fraction of sp³-hybridized carbons (Fsp3) is 0. The second kappa shape index (κ2) is 3.91. The van der Waals surface area contributed by atoms with E-state index in [1.807, 2.05) is 0 Å². The van der Waals surface area contributed by atoms with Crippen LogP contribution in [-0.2, 0) is 10.0 Å². The number of carboxylic acid groups (broad SMARTS) is 2. The largest absolute Gasteiger partial charge is 0.478 e. The van der Waals surface area contributed by atoms with Crippen molar-refractivity contribution in [2.45, 2.75) is 4.90 Å². The van der Waals surface area contributed by atoms with Crippen molar-refractivity contribution in [2.75, 3.05) is 0 Å². The van der Waals surface area contributed by atoms with Gasteiger partial charge in [-0.05, 0) is 18.2 Å². The summed E-state index contributed by atoms with van der Waals surface area (Å²) in [6, 6.07) is 2.56. The van der Waals surface area contributed by atoms with Crippen molar-refractivity contribution in [1.29, 1.82) is 0 Å². The van der Waals surface area contributed by atoms with Crippen LogP contribution in [0.15, 0.2) is 23.1 Å². The molecule has 0 saturated carbocycles. The van der Waals surface area contributed by atoms with Gasteiger partial charge >= 0.3 is 11.9 Å². The smallest absolute Gasteiger partial charge is 0.337 e. The number of aromatic carboxylic acids is 2. The molecule has 0 heterocycles. The van der Waals surface area contributed by atoms with Gasteiger partial charge in [0.05, 0.1) is 16.0 Å². The van der Waals surface area contributed by atoms with E-state index >= 15 is 0 Å². The highest BCUT2D eigenvalue weighted by Crippen LogP contribution is 2.16. The van der Waals surface area contributed by atoms with Crippen molar-refractivity contribution >= 4 is 22.0 Å². The van der Waals surface area contributed by atoms with E-state index in [1.165, 1.54) is 0 Å². The summed E-state index contributed by atoms with van der Waals surface area (Å²) in [5.41, 5.74) is -0.993. The molecule has 16 heavy (non-hydrogen) atoms. The van der Waals surface area contributed by atoms with Crippen LogP contribution in [-0.4, -0.2) is 30.6 Å². The lowest BCUT2D eigenvalue weighted by Gasteiger charge is -2.04. The van der Waals surface area contributed by atoms with E-state index in [1.54, 1.807) is 0 Å². The number of hydrogen-bond donors (Lipinski definition) is 3. The molecular weight excluding hydrogens is 238 g/mol. The van der Waals surface area contributed by atoms with Gasteiger partial charge in [0.25, 0.3) is 0 Å². The van der Waals surface area contributed by atoms with Gasteiger partial charge in [-0.25, -0.2) is 23.1 Å². The number of hydrogen-bond acceptors (Lipinski definition) is 4. The number of rotatable bonds is 3. The highest BCUT2D eigenvalue weighted by atomic mass is 32.2. The minimum atomic E-state index is -4.19. The van der Waals surface area contributed by atoms with Gasteiger partial charge in [-0.15, -0.1) is 0 Å². The molecule has 1 rings (SSSR count). The Hall–Kier alpha value is -1.93. The molecule has 0 aliphatic carbocycles. The van der Waals surface area contributed by atoms with E-state index in [4.69, 9.17) is 15.4 Å². The van der Waals surface area contributed by atoms with Crippen molar-refractivity contribution in [2.24, 2.45) is 5.14 Å². The summed E-state index contributed by atoms with van der Waals surface area (Å²) in [6.45, 7) is 0. The second-order valence-corrected chi connectivity index (χ2v) is 4.40. The lowest BCUT2D eigenvalue weighted by molar-refractivity contribution is 0.0692. The molecule has 7 nitrogen and oxygen atoms in total. The highest BCUT2D eigenvalue weighted by Gasteiger charge is 2.20. The fourth-order valence-electron chi connectivity index (χ4n) is 1.08. The lowest BCUT2D eigenvalue weighted by Crippen LogP contribution is -2.17. The predicted octanol–water partition coefficient (Wildman–Crippen LogP) is -0.270. The first-order valence-electron chi connectivity index (χ1n) is 3.87. The summed E-state index contributed by atoms with van der Waals surface area (Å²) in [6.07, 6.45) is 0. The van der Waals surface area contributed by atoms with Crippen molar-refractivity contribution in [3.05, 3.63) is 29.3 Å². The Bertz CT molecular complexity index is 562. The first kappa shape index (κ1) is 12.1. The topological polar surface area (TPSA) is 135 Å². The maximum atomic E-state index is 11.0. The number of sulfonamides is 1. The molecule has 0 aliphatic rings. The molecule has 0 radical (unpaired) electrons. The summed E-state index contributed by atoms with van der Waals surface area (Å²) in [7, 11) is -4.19. The minimum Gasteiger partial charge on any atom is -0.478 e. The van der Waals surface area contributed by atoms with E-state index in [-0.39, 0.29) is 5.56 Å². The number of carbonyl (C=O) groups is 2. The molecule has 0 atom stereocenters. The third-order valence-corrected chi connectivity index (χ3v) is 2.73. The molecule has 1 aromatic rings. The Morgan fingerprint density at radius 3 is 2.06 bits per heavy atom. The maximum absolute atomic E-state index is 11.0. The van der Waals surface area contributed by atoms with Crippen molar-refractivity contribution in [1.82, 2.24) is 0 Å². The molecule has 8 heteroatoms. The van der Waals surface area contributed by atoms with Gasteiger partial charge in [-0.3, -0.25) is 0 Å². The Morgan fingerprint density at radius 2 is 1.69 bits per heavy atom. The minimum absolute atomic E-state index is 0.329. The summed E-state index contributed by atoms with van der Waals surface area (Å²) in [5, 5.41) is 22.1. The number of carboxylic acids is 2. The van der Waals surface area contributed by atoms with Crippen molar-refractivity contribution in [3.8, 4) is 0 Å². The molecule has 0 saturated heterocycles. The monoisotopic (exact) mass is 245 g/mol. The molecule has 1 aromatic carbocycles. The van der Waals surface area contributed by atoms with Gasteiger partial charge in [0, 0.05) is 0 Å². The summed E-state index contributed by atoms with van der Waals surface area (Å²) >= 11 is 0. The molecule has 0 bridgehead atoms. The van der Waals surface area contributed by atoms with E-state index < -0.39 is 32.4 Å².